The first kappa shape index (κ1) is 21.8. The predicted octanol–water partition coefficient (Wildman–Crippen LogP) is 4.73. The Morgan fingerprint density at radius 1 is 0.935 bits per heavy atom. The average molecular weight is 435 g/mol. The molecule has 1 amide bonds. The van der Waals surface area contributed by atoms with Crippen molar-refractivity contribution in [2.75, 3.05) is 7.11 Å². The van der Waals surface area contributed by atoms with Gasteiger partial charge in [0.1, 0.15) is 11.5 Å². The van der Waals surface area contributed by atoms with Crippen LogP contribution in [0.1, 0.15) is 21.5 Å². The van der Waals surface area contributed by atoms with Crippen molar-refractivity contribution >= 4 is 35.8 Å². The van der Waals surface area contributed by atoms with E-state index in [0.717, 1.165) is 11.3 Å². The number of hydrogen-bond donors (Lipinski definition) is 1. The second kappa shape index (κ2) is 10.8. The molecule has 156 valence electrons. The van der Waals surface area contributed by atoms with Crippen LogP contribution >= 0.6 is 11.6 Å². The lowest BCUT2D eigenvalue weighted by molar-refractivity contribution is -0.128. The van der Waals surface area contributed by atoms with Crippen molar-refractivity contribution in [3.63, 3.8) is 0 Å². The summed E-state index contributed by atoms with van der Waals surface area (Å²) in [6, 6.07) is 20.7. The molecule has 1 N–H and O–H groups in total. The number of carbonyl (C=O) groups is 2. The van der Waals surface area contributed by atoms with Gasteiger partial charge in [-0.3, -0.25) is 4.79 Å². The highest BCUT2D eigenvalue weighted by Crippen LogP contribution is 2.16. The predicted molar refractivity (Wildman–Crippen MR) is 121 cm³/mol. The molecular weight excluding hydrogens is 416 g/mol. The van der Waals surface area contributed by atoms with Gasteiger partial charge in [-0.2, -0.15) is 5.10 Å². The minimum absolute atomic E-state index is 0.327. The van der Waals surface area contributed by atoms with Crippen molar-refractivity contribution in [3.8, 4) is 11.5 Å². The number of methoxy groups -OCH3 is 1. The zero-order chi connectivity index (χ0) is 22.1. The van der Waals surface area contributed by atoms with Crippen LogP contribution in [0.3, 0.4) is 0 Å². The number of nitrogens with zero attached hydrogens (tertiary/aromatic N) is 1. The molecule has 6 nitrogen and oxygen atoms in total. The highest BCUT2D eigenvalue weighted by atomic mass is 35.5. The fourth-order valence-corrected chi connectivity index (χ4v) is 2.78. The van der Waals surface area contributed by atoms with Crippen molar-refractivity contribution in [2.24, 2.45) is 5.10 Å². The Morgan fingerprint density at radius 3 is 2.45 bits per heavy atom. The second-order valence-electron chi connectivity index (χ2n) is 6.28. The number of rotatable bonds is 7. The van der Waals surface area contributed by atoms with E-state index in [2.05, 4.69) is 10.5 Å². The average Bonchev–Trinajstić information content (AvgIpc) is 2.78. The SMILES string of the molecule is COc1ccc(C=CC(=O)Oc2cccc(C=NNC(=O)c3ccccc3Cl)c2)cc1. The molecule has 0 saturated carbocycles. The van der Waals surface area contributed by atoms with Gasteiger partial charge in [0.15, 0.2) is 0 Å². The fraction of sp³-hybridized carbons (Fsp3) is 0.0417. The van der Waals surface area contributed by atoms with Crippen LogP contribution in [0.25, 0.3) is 6.08 Å². The van der Waals surface area contributed by atoms with Crippen molar-refractivity contribution < 1.29 is 19.1 Å². The quantitative estimate of drug-likeness (QED) is 0.192. The van der Waals surface area contributed by atoms with Gasteiger partial charge in [0.2, 0.25) is 0 Å². The number of benzene rings is 3. The van der Waals surface area contributed by atoms with Crippen molar-refractivity contribution in [2.45, 2.75) is 0 Å². The van der Waals surface area contributed by atoms with Gasteiger partial charge in [0.05, 0.1) is 23.9 Å². The van der Waals surface area contributed by atoms with Gasteiger partial charge in [-0.05, 0) is 53.6 Å². The molecule has 3 aromatic carbocycles. The summed E-state index contributed by atoms with van der Waals surface area (Å²) in [6.07, 6.45) is 4.43. The van der Waals surface area contributed by atoms with E-state index in [1.54, 1.807) is 73.8 Å². The van der Waals surface area contributed by atoms with E-state index < -0.39 is 11.9 Å². The van der Waals surface area contributed by atoms with Crippen LogP contribution in [-0.4, -0.2) is 25.2 Å². The lowest BCUT2D eigenvalue weighted by Crippen LogP contribution is -2.17. The van der Waals surface area contributed by atoms with Crippen LogP contribution in [0.5, 0.6) is 11.5 Å². The molecule has 0 fully saturated rings. The molecule has 7 heteroatoms. The Morgan fingerprint density at radius 2 is 1.71 bits per heavy atom. The van der Waals surface area contributed by atoms with Gasteiger partial charge in [-0.25, -0.2) is 10.2 Å². The third-order valence-corrected chi connectivity index (χ3v) is 4.43. The number of ether oxygens (including phenoxy) is 2. The van der Waals surface area contributed by atoms with Gasteiger partial charge in [0.25, 0.3) is 5.91 Å². The largest absolute Gasteiger partial charge is 0.497 e. The van der Waals surface area contributed by atoms with E-state index in [1.807, 2.05) is 12.1 Å². The molecule has 0 atom stereocenters. The van der Waals surface area contributed by atoms with Gasteiger partial charge in [-0.15, -0.1) is 0 Å². The molecule has 0 spiro atoms. The Kier molecular flexibility index (Phi) is 7.56. The van der Waals surface area contributed by atoms with E-state index in [9.17, 15) is 9.59 Å². The normalized spacial score (nSPS) is 10.9. The van der Waals surface area contributed by atoms with Crippen LogP contribution in [0.4, 0.5) is 0 Å². The highest BCUT2D eigenvalue weighted by molar-refractivity contribution is 6.33. The molecule has 0 aliphatic heterocycles. The van der Waals surface area contributed by atoms with Crippen molar-refractivity contribution in [1.82, 2.24) is 5.43 Å². The summed E-state index contributed by atoms with van der Waals surface area (Å²) in [5, 5.41) is 4.26. The zero-order valence-corrected chi connectivity index (χ0v) is 17.4. The smallest absolute Gasteiger partial charge is 0.336 e. The zero-order valence-electron chi connectivity index (χ0n) is 16.6. The number of nitrogens with one attached hydrogen (secondary N) is 1. The van der Waals surface area contributed by atoms with Gasteiger partial charge < -0.3 is 9.47 Å². The lowest BCUT2D eigenvalue weighted by Gasteiger charge is -2.03. The molecule has 0 aliphatic rings. The number of hydrogen-bond acceptors (Lipinski definition) is 5. The first-order valence-electron chi connectivity index (χ1n) is 9.27. The molecule has 0 radical (unpaired) electrons. The minimum atomic E-state index is -0.517. The molecule has 0 saturated heterocycles. The van der Waals surface area contributed by atoms with Crippen molar-refractivity contribution in [1.29, 1.82) is 0 Å². The Balaban J connectivity index is 1.57. The van der Waals surface area contributed by atoms with Crippen LogP contribution in [0.15, 0.2) is 84.0 Å². The maximum atomic E-state index is 12.1. The number of amides is 1. The summed E-state index contributed by atoms with van der Waals surface area (Å²) >= 11 is 5.99. The van der Waals surface area contributed by atoms with Crippen LogP contribution in [-0.2, 0) is 4.79 Å². The van der Waals surface area contributed by atoms with Crippen LogP contribution in [0.2, 0.25) is 5.02 Å². The van der Waals surface area contributed by atoms with E-state index in [4.69, 9.17) is 21.1 Å². The topological polar surface area (TPSA) is 77.0 Å². The Hall–Kier alpha value is -3.90. The Labute approximate surface area is 184 Å². The summed E-state index contributed by atoms with van der Waals surface area (Å²) in [6.45, 7) is 0. The lowest BCUT2D eigenvalue weighted by atomic mass is 10.2. The summed E-state index contributed by atoms with van der Waals surface area (Å²) in [5.74, 6) is 0.150. The number of hydrazone groups is 1. The molecule has 0 bridgehead atoms. The Bertz CT molecular complexity index is 1120. The molecule has 3 rings (SSSR count). The third kappa shape index (κ3) is 6.55. The second-order valence-corrected chi connectivity index (χ2v) is 6.69. The number of esters is 1. The summed E-state index contributed by atoms with van der Waals surface area (Å²) in [4.78, 5) is 24.2. The van der Waals surface area contributed by atoms with Crippen LogP contribution in [0, 0.1) is 0 Å². The highest BCUT2D eigenvalue weighted by Gasteiger charge is 2.08. The molecule has 0 aliphatic carbocycles. The van der Waals surface area contributed by atoms with Crippen molar-refractivity contribution in [3.05, 3.63) is 101 Å². The van der Waals surface area contributed by atoms with Gasteiger partial charge >= 0.3 is 5.97 Å². The maximum Gasteiger partial charge on any atom is 0.336 e. The monoisotopic (exact) mass is 434 g/mol. The summed E-state index contributed by atoms with van der Waals surface area (Å²) in [7, 11) is 1.59. The first-order valence-corrected chi connectivity index (χ1v) is 9.65. The van der Waals surface area contributed by atoms with Crippen LogP contribution < -0.4 is 14.9 Å². The van der Waals surface area contributed by atoms with E-state index >= 15 is 0 Å². The maximum absolute atomic E-state index is 12.1. The molecule has 0 heterocycles. The number of carbonyl (C=O) groups excluding carboxylic acids is 2. The molecule has 3 aromatic rings. The number of halogens is 1. The summed E-state index contributed by atoms with van der Waals surface area (Å²) < 4.78 is 10.4. The van der Waals surface area contributed by atoms with E-state index in [0.29, 0.717) is 21.9 Å². The molecular formula is C24H19ClN2O4. The first-order chi connectivity index (χ1) is 15.0. The molecule has 0 aromatic heterocycles. The summed E-state index contributed by atoms with van der Waals surface area (Å²) in [5.41, 5.74) is 4.22. The fourth-order valence-electron chi connectivity index (χ4n) is 2.56. The molecule has 0 unspecified atom stereocenters. The van der Waals surface area contributed by atoms with E-state index in [-0.39, 0.29) is 0 Å². The van der Waals surface area contributed by atoms with Gasteiger partial charge in [-0.1, -0.05) is 48.0 Å². The standard InChI is InChI=1S/C24H19ClN2O4/c1-30-19-12-9-17(10-13-19)11-14-23(28)31-20-6-4-5-18(15-20)16-26-27-24(29)21-7-2-3-8-22(21)25/h2-16H,1H3,(H,27,29). The molecule has 31 heavy (non-hydrogen) atoms. The van der Waals surface area contributed by atoms with Gasteiger partial charge in [0, 0.05) is 6.08 Å². The third-order valence-electron chi connectivity index (χ3n) is 4.10. The van der Waals surface area contributed by atoms with E-state index in [1.165, 1.54) is 12.3 Å². The minimum Gasteiger partial charge on any atom is -0.497 e.